The number of H-pyrrole nitrogens is 1. The summed E-state index contributed by atoms with van der Waals surface area (Å²) in [6.07, 6.45) is 3.37. The molecule has 0 atom stereocenters. The van der Waals surface area contributed by atoms with Crippen LogP contribution >= 0.6 is 0 Å². The quantitative estimate of drug-likeness (QED) is 0.581. The van der Waals surface area contributed by atoms with Crippen molar-refractivity contribution in [3.05, 3.63) is 41.0 Å². The molecule has 0 saturated carbocycles. The number of nitrogens with zero attached hydrogens (tertiary/aromatic N) is 1. The number of aromatic amines is 1. The molecule has 1 N–H and O–H groups in total. The lowest BCUT2D eigenvalue weighted by atomic mass is 10.1. The minimum atomic E-state index is -0.349. The largest absolute Gasteiger partial charge is 0.365 e. The molecule has 0 aliphatic carbocycles. The van der Waals surface area contributed by atoms with Crippen molar-refractivity contribution < 1.29 is 4.52 Å². The highest BCUT2D eigenvalue weighted by Crippen LogP contribution is 2.20. The highest BCUT2D eigenvalue weighted by atomic mass is 16.5. The number of rotatable bonds is 0. The zero-order valence-electron chi connectivity index (χ0n) is 7.15. The molecule has 0 amide bonds. The van der Waals surface area contributed by atoms with Crippen LogP contribution in [0.25, 0.3) is 21.7 Å². The summed E-state index contributed by atoms with van der Waals surface area (Å²) in [4.78, 5) is 15.4. The monoisotopic (exact) mass is 186 g/mol. The van der Waals surface area contributed by atoms with Gasteiger partial charge in [-0.15, -0.1) is 0 Å². The Labute approximate surface area is 78.1 Å². The third kappa shape index (κ3) is 0.821. The van der Waals surface area contributed by atoms with Crippen LogP contribution in [0.15, 0.2) is 39.9 Å². The van der Waals surface area contributed by atoms with Gasteiger partial charge >= 0.3 is 5.63 Å². The lowest BCUT2D eigenvalue weighted by molar-refractivity contribution is 0.400. The maximum absolute atomic E-state index is 11.4. The van der Waals surface area contributed by atoms with E-state index in [0.717, 1.165) is 10.8 Å². The molecule has 68 valence electrons. The van der Waals surface area contributed by atoms with E-state index in [9.17, 15) is 4.79 Å². The molecule has 0 bridgehead atoms. The first kappa shape index (κ1) is 7.32. The molecule has 2 aromatic heterocycles. The predicted molar refractivity (Wildman–Crippen MR) is 52.1 cm³/mol. The summed E-state index contributed by atoms with van der Waals surface area (Å²) < 4.78 is 4.71. The lowest BCUT2D eigenvalue weighted by Crippen LogP contribution is -1.92. The maximum atomic E-state index is 11.4. The van der Waals surface area contributed by atoms with Crippen molar-refractivity contribution in [3.63, 3.8) is 0 Å². The molecule has 3 aromatic rings. The number of pyridine rings is 1. The number of hydrogen-bond acceptors (Lipinski definition) is 3. The van der Waals surface area contributed by atoms with Crippen molar-refractivity contribution in [1.82, 2.24) is 10.1 Å². The molecule has 0 aliphatic rings. The highest BCUT2D eigenvalue weighted by Gasteiger charge is 2.06. The topological polar surface area (TPSA) is 58.9 Å². The molecule has 3 rings (SSSR count). The Hall–Kier alpha value is -2.10. The van der Waals surface area contributed by atoms with Crippen LogP contribution in [-0.2, 0) is 0 Å². The van der Waals surface area contributed by atoms with Gasteiger partial charge in [0.15, 0.2) is 0 Å². The first-order valence-electron chi connectivity index (χ1n) is 4.20. The van der Waals surface area contributed by atoms with Crippen LogP contribution in [0.4, 0.5) is 0 Å². The lowest BCUT2D eigenvalue weighted by Gasteiger charge is -1.94. The van der Waals surface area contributed by atoms with E-state index in [1.807, 2.05) is 18.2 Å². The van der Waals surface area contributed by atoms with Gasteiger partial charge in [-0.2, -0.15) is 0 Å². The van der Waals surface area contributed by atoms with Crippen LogP contribution < -0.4 is 5.63 Å². The van der Waals surface area contributed by atoms with Gasteiger partial charge in [0.2, 0.25) is 0 Å². The second-order valence-corrected chi connectivity index (χ2v) is 3.08. The van der Waals surface area contributed by atoms with Crippen molar-refractivity contribution in [2.75, 3.05) is 0 Å². The van der Waals surface area contributed by atoms with Crippen LogP contribution in [0.2, 0.25) is 0 Å². The first-order valence-corrected chi connectivity index (χ1v) is 4.20. The molecule has 1 aromatic carbocycles. The third-order valence-electron chi connectivity index (χ3n) is 2.28. The molecule has 0 spiro atoms. The van der Waals surface area contributed by atoms with Crippen molar-refractivity contribution in [3.8, 4) is 0 Å². The average Bonchev–Trinajstić information content (AvgIpc) is 2.61. The summed E-state index contributed by atoms with van der Waals surface area (Å²) in [5, 5.41) is 4.94. The smallest absolute Gasteiger partial charge is 0.338 e. The number of benzene rings is 1. The van der Waals surface area contributed by atoms with E-state index in [1.165, 1.54) is 0 Å². The van der Waals surface area contributed by atoms with Crippen LogP contribution in [0.5, 0.6) is 0 Å². The molecule has 0 aliphatic heterocycles. The van der Waals surface area contributed by atoms with E-state index < -0.39 is 0 Å². The van der Waals surface area contributed by atoms with Gasteiger partial charge in [0.25, 0.3) is 0 Å². The van der Waals surface area contributed by atoms with E-state index in [2.05, 4.69) is 10.1 Å². The van der Waals surface area contributed by atoms with Gasteiger partial charge in [0.05, 0.1) is 10.9 Å². The van der Waals surface area contributed by atoms with Crippen molar-refractivity contribution in [2.45, 2.75) is 0 Å². The van der Waals surface area contributed by atoms with Gasteiger partial charge in [0, 0.05) is 17.8 Å². The summed E-state index contributed by atoms with van der Waals surface area (Å²) in [7, 11) is 0. The minimum Gasteiger partial charge on any atom is -0.338 e. The molecule has 0 radical (unpaired) electrons. The van der Waals surface area contributed by atoms with E-state index in [1.54, 1.807) is 12.4 Å². The van der Waals surface area contributed by atoms with Crippen molar-refractivity contribution in [1.29, 1.82) is 0 Å². The summed E-state index contributed by atoms with van der Waals surface area (Å²) >= 11 is 0. The number of nitrogens with one attached hydrogen (secondary N) is 1. The summed E-state index contributed by atoms with van der Waals surface area (Å²) in [6.45, 7) is 0. The predicted octanol–water partition coefficient (Wildman–Crippen LogP) is 1.67. The van der Waals surface area contributed by atoms with Crippen molar-refractivity contribution >= 4 is 21.7 Å². The fraction of sp³-hybridized carbons (Fsp3) is 0. The molecular formula is C10H6N2O2. The zero-order chi connectivity index (χ0) is 9.54. The van der Waals surface area contributed by atoms with Crippen LogP contribution in [-0.4, -0.2) is 10.1 Å². The summed E-state index contributed by atoms with van der Waals surface area (Å²) in [5.41, 5.74) is 0.356. The van der Waals surface area contributed by atoms with Gasteiger partial charge in [0.1, 0.15) is 0 Å². The Balaban J connectivity index is 2.72. The molecule has 0 fully saturated rings. The van der Waals surface area contributed by atoms with Gasteiger partial charge in [-0.05, 0) is 17.5 Å². The van der Waals surface area contributed by atoms with Crippen LogP contribution in [0, 0.1) is 0 Å². The van der Waals surface area contributed by atoms with Gasteiger partial charge in [-0.25, -0.2) is 9.95 Å². The normalized spacial score (nSPS) is 11.1. The van der Waals surface area contributed by atoms with Crippen molar-refractivity contribution in [2.24, 2.45) is 0 Å². The molecule has 0 saturated heterocycles. The number of aromatic nitrogens is 2. The Kier molecular flexibility index (Phi) is 1.28. The van der Waals surface area contributed by atoms with Crippen LogP contribution in [0.1, 0.15) is 0 Å². The van der Waals surface area contributed by atoms with E-state index in [-0.39, 0.29) is 5.63 Å². The maximum Gasteiger partial charge on any atom is 0.365 e. The molecule has 4 nitrogen and oxygen atoms in total. The standard InChI is InChI=1S/C10H6N2O2/c13-10-9-7-5-11-4-3-6(7)1-2-8(9)12-14-10/h1-5,12H. The molecule has 0 unspecified atom stereocenters. The van der Waals surface area contributed by atoms with Gasteiger partial charge < -0.3 is 4.52 Å². The van der Waals surface area contributed by atoms with Gasteiger partial charge in [-0.1, -0.05) is 6.07 Å². The van der Waals surface area contributed by atoms with E-state index in [0.29, 0.717) is 10.9 Å². The van der Waals surface area contributed by atoms with E-state index >= 15 is 0 Å². The molecule has 4 heteroatoms. The summed E-state index contributed by atoms with van der Waals surface area (Å²) in [6, 6.07) is 5.61. The third-order valence-corrected chi connectivity index (χ3v) is 2.28. The Bertz CT molecular complexity index is 666. The van der Waals surface area contributed by atoms with Crippen LogP contribution in [0.3, 0.4) is 0 Å². The Morgan fingerprint density at radius 3 is 3.14 bits per heavy atom. The first-order chi connectivity index (χ1) is 6.86. The SMILES string of the molecule is O=c1o[nH]c2ccc3ccncc3c12. The minimum absolute atomic E-state index is 0.349. The number of fused-ring (bicyclic) bond motifs is 3. The molecule has 2 heterocycles. The fourth-order valence-electron chi connectivity index (χ4n) is 1.62. The Morgan fingerprint density at radius 2 is 2.21 bits per heavy atom. The second-order valence-electron chi connectivity index (χ2n) is 3.08. The van der Waals surface area contributed by atoms with E-state index in [4.69, 9.17) is 4.52 Å². The average molecular weight is 186 g/mol. The highest BCUT2D eigenvalue weighted by molar-refractivity contribution is 6.04. The molecule has 14 heavy (non-hydrogen) atoms. The fourth-order valence-corrected chi connectivity index (χ4v) is 1.62. The van der Waals surface area contributed by atoms with Gasteiger partial charge in [-0.3, -0.25) is 4.98 Å². The second kappa shape index (κ2) is 2.45. The Morgan fingerprint density at radius 1 is 1.29 bits per heavy atom. The molecular weight excluding hydrogens is 180 g/mol. The summed E-state index contributed by atoms with van der Waals surface area (Å²) in [5.74, 6) is 0. The zero-order valence-corrected chi connectivity index (χ0v) is 7.15. The number of hydrogen-bond donors (Lipinski definition) is 1.